The van der Waals surface area contributed by atoms with Crippen LogP contribution in [0.4, 0.5) is 5.82 Å². The quantitative estimate of drug-likeness (QED) is 0.538. The molecular weight excluding hydrogens is 340 g/mol. The number of rotatable bonds is 5. The van der Waals surface area contributed by atoms with Gasteiger partial charge in [-0.1, -0.05) is 36.0 Å². The number of carbonyl (C=O) groups is 1. The van der Waals surface area contributed by atoms with Gasteiger partial charge in [0.25, 0.3) is 0 Å². The van der Waals surface area contributed by atoms with Gasteiger partial charge in [0.15, 0.2) is 5.16 Å². The minimum atomic E-state index is -0.0517. The number of aromatic nitrogens is 2. The van der Waals surface area contributed by atoms with Gasteiger partial charge in [-0.2, -0.15) is 0 Å². The standard InChI is InChI=1S/C17H18N4OS2/c1-10-5-3-4-6-12(10)11(2)19-14(22)9-24-17-20-15(18)13-7-8-23-16(13)21-17/h3-8,11H,9H2,1-2H3,(H,19,22)(H2,18,20,21)/t11-/m0/s1. The minimum Gasteiger partial charge on any atom is -0.383 e. The molecule has 0 saturated heterocycles. The lowest BCUT2D eigenvalue weighted by atomic mass is 10.0. The molecule has 0 unspecified atom stereocenters. The fourth-order valence-corrected chi connectivity index (χ4v) is 3.98. The fourth-order valence-electron chi connectivity index (χ4n) is 2.49. The van der Waals surface area contributed by atoms with E-state index in [0.717, 1.165) is 21.3 Å². The fraction of sp³-hybridized carbons (Fsp3) is 0.235. The van der Waals surface area contributed by atoms with Crippen LogP contribution in [0.5, 0.6) is 0 Å². The second-order valence-electron chi connectivity index (χ2n) is 5.47. The van der Waals surface area contributed by atoms with Crippen molar-refractivity contribution in [3.8, 4) is 0 Å². The highest BCUT2D eigenvalue weighted by atomic mass is 32.2. The van der Waals surface area contributed by atoms with E-state index in [1.165, 1.54) is 23.1 Å². The molecule has 24 heavy (non-hydrogen) atoms. The zero-order valence-corrected chi connectivity index (χ0v) is 15.1. The zero-order chi connectivity index (χ0) is 17.1. The normalized spacial score (nSPS) is 12.2. The van der Waals surface area contributed by atoms with Crippen molar-refractivity contribution in [3.63, 3.8) is 0 Å². The molecule has 7 heteroatoms. The lowest BCUT2D eigenvalue weighted by molar-refractivity contribution is -0.119. The van der Waals surface area contributed by atoms with Crippen molar-refractivity contribution >= 4 is 45.0 Å². The van der Waals surface area contributed by atoms with E-state index in [1.54, 1.807) is 0 Å². The molecule has 3 N–H and O–H groups in total. The monoisotopic (exact) mass is 358 g/mol. The number of nitrogen functional groups attached to an aromatic ring is 1. The first kappa shape index (κ1) is 16.7. The van der Waals surface area contributed by atoms with Gasteiger partial charge in [0.2, 0.25) is 5.91 Å². The first-order valence-electron chi connectivity index (χ1n) is 7.53. The van der Waals surface area contributed by atoms with Gasteiger partial charge in [0, 0.05) is 0 Å². The van der Waals surface area contributed by atoms with Crippen LogP contribution in [0, 0.1) is 6.92 Å². The van der Waals surface area contributed by atoms with Gasteiger partial charge in [-0.3, -0.25) is 4.79 Å². The van der Waals surface area contributed by atoms with Gasteiger partial charge in [-0.25, -0.2) is 9.97 Å². The van der Waals surface area contributed by atoms with E-state index < -0.39 is 0 Å². The summed E-state index contributed by atoms with van der Waals surface area (Å²) >= 11 is 2.81. The topological polar surface area (TPSA) is 80.9 Å². The minimum absolute atomic E-state index is 0.0370. The van der Waals surface area contributed by atoms with E-state index in [1.807, 2.05) is 49.6 Å². The second kappa shape index (κ2) is 7.19. The number of amides is 1. The number of aryl methyl sites for hydroxylation is 1. The van der Waals surface area contributed by atoms with Gasteiger partial charge >= 0.3 is 0 Å². The van der Waals surface area contributed by atoms with Crippen molar-refractivity contribution in [2.45, 2.75) is 25.0 Å². The molecule has 0 saturated carbocycles. The highest BCUT2D eigenvalue weighted by Crippen LogP contribution is 2.26. The zero-order valence-electron chi connectivity index (χ0n) is 13.4. The molecule has 0 bridgehead atoms. The Kier molecular flexibility index (Phi) is 5.01. The van der Waals surface area contributed by atoms with Crippen molar-refractivity contribution in [3.05, 3.63) is 46.8 Å². The number of anilines is 1. The molecular formula is C17H18N4OS2. The lowest BCUT2D eigenvalue weighted by Gasteiger charge is -2.16. The third-order valence-corrected chi connectivity index (χ3v) is 5.35. The maximum Gasteiger partial charge on any atom is 0.230 e. The van der Waals surface area contributed by atoms with Crippen LogP contribution in [0.1, 0.15) is 24.1 Å². The summed E-state index contributed by atoms with van der Waals surface area (Å²) in [4.78, 5) is 21.7. The number of fused-ring (bicyclic) bond motifs is 1. The van der Waals surface area contributed by atoms with Crippen LogP contribution in [-0.4, -0.2) is 21.6 Å². The van der Waals surface area contributed by atoms with Crippen LogP contribution in [0.3, 0.4) is 0 Å². The molecule has 0 fully saturated rings. The van der Waals surface area contributed by atoms with E-state index in [9.17, 15) is 4.79 Å². The maximum atomic E-state index is 12.2. The highest BCUT2D eigenvalue weighted by molar-refractivity contribution is 7.99. The molecule has 3 aromatic rings. The molecule has 0 aliphatic rings. The lowest BCUT2D eigenvalue weighted by Crippen LogP contribution is -2.28. The summed E-state index contributed by atoms with van der Waals surface area (Å²) in [6.45, 7) is 4.02. The van der Waals surface area contributed by atoms with E-state index in [-0.39, 0.29) is 17.7 Å². The summed E-state index contributed by atoms with van der Waals surface area (Å²) < 4.78 is 0. The van der Waals surface area contributed by atoms with E-state index in [2.05, 4.69) is 15.3 Å². The van der Waals surface area contributed by atoms with Gasteiger partial charge in [0.1, 0.15) is 10.6 Å². The number of nitrogens with two attached hydrogens (primary N) is 1. The number of hydrogen-bond acceptors (Lipinski definition) is 6. The van der Waals surface area contributed by atoms with Crippen LogP contribution in [0.2, 0.25) is 0 Å². The van der Waals surface area contributed by atoms with Gasteiger partial charge < -0.3 is 11.1 Å². The Balaban J connectivity index is 1.61. The van der Waals surface area contributed by atoms with Crippen LogP contribution >= 0.6 is 23.1 Å². The number of nitrogens with zero attached hydrogens (tertiary/aromatic N) is 2. The molecule has 1 amide bonds. The number of carbonyl (C=O) groups excluding carboxylic acids is 1. The Morgan fingerprint density at radius 1 is 1.33 bits per heavy atom. The first-order valence-corrected chi connectivity index (χ1v) is 9.39. The summed E-state index contributed by atoms with van der Waals surface area (Å²) in [6.07, 6.45) is 0. The van der Waals surface area contributed by atoms with Crippen molar-refractivity contribution < 1.29 is 4.79 Å². The summed E-state index contributed by atoms with van der Waals surface area (Å²) in [5, 5.41) is 6.33. The number of nitrogens with one attached hydrogen (secondary N) is 1. The Bertz CT molecular complexity index is 878. The van der Waals surface area contributed by atoms with E-state index in [4.69, 9.17) is 5.73 Å². The number of thiophene rings is 1. The molecule has 0 radical (unpaired) electrons. The van der Waals surface area contributed by atoms with Gasteiger partial charge in [0.05, 0.1) is 17.2 Å². The van der Waals surface area contributed by atoms with Crippen molar-refractivity contribution in [1.82, 2.24) is 15.3 Å². The molecule has 1 atom stereocenters. The Morgan fingerprint density at radius 2 is 2.12 bits per heavy atom. The van der Waals surface area contributed by atoms with Crippen LogP contribution in [0.25, 0.3) is 10.2 Å². The molecule has 0 aliphatic heterocycles. The predicted molar refractivity (Wildman–Crippen MR) is 100 cm³/mol. The number of hydrogen-bond donors (Lipinski definition) is 2. The summed E-state index contributed by atoms with van der Waals surface area (Å²) in [5.74, 6) is 0.661. The third-order valence-electron chi connectivity index (χ3n) is 3.70. The number of benzene rings is 1. The first-order chi connectivity index (χ1) is 11.5. The van der Waals surface area contributed by atoms with E-state index >= 15 is 0 Å². The summed E-state index contributed by atoms with van der Waals surface area (Å²) in [5.41, 5.74) is 8.21. The Labute approximate surface area is 148 Å². The number of thioether (sulfide) groups is 1. The Hall–Kier alpha value is -2.12. The van der Waals surface area contributed by atoms with Crippen LogP contribution in [0.15, 0.2) is 40.9 Å². The smallest absolute Gasteiger partial charge is 0.230 e. The molecule has 1 aromatic carbocycles. The molecule has 2 heterocycles. The van der Waals surface area contributed by atoms with Crippen molar-refractivity contribution in [2.24, 2.45) is 0 Å². The SMILES string of the molecule is Cc1ccccc1[C@H](C)NC(=O)CSc1nc(N)c2ccsc2n1. The van der Waals surface area contributed by atoms with E-state index in [0.29, 0.717) is 11.0 Å². The van der Waals surface area contributed by atoms with Crippen LogP contribution in [-0.2, 0) is 4.79 Å². The van der Waals surface area contributed by atoms with Gasteiger partial charge in [-0.15, -0.1) is 11.3 Å². The largest absolute Gasteiger partial charge is 0.383 e. The predicted octanol–water partition coefficient (Wildman–Crippen LogP) is 3.55. The Morgan fingerprint density at radius 3 is 2.92 bits per heavy atom. The third kappa shape index (κ3) is 3.68. The average Bonchev–Trinajstić information content (AvgIpc) is 3.02. The molecule has 2 aromatic heterocycles. The van der Waals surface area contributed by atoms with Crippen LogP contribution < -0.4 is 11.1 Å². The molecule has 0 aliphatic carbocycles. The summed E-state index contributed by atoms with van der Waals surface area (Å²) in [7, 11) is 0. The average molecular weight is 358 g/mol. The van der Waals surface area contributed by atoms with Crippen molar-refractivity contribution in [1.29, 1.82) is 0 Å². The highest BCUT2D eigenvalue weighted by Gasteiger charge is 2.13. The van der Waals surface area contributed by atoms with Crippen molar-refractivity contribution in [2.75, 3.05) is 11.5 Å². The second-order valence-corrected chi connectivity index (χ2v) is 7.30. The molecule has 5 nitrogen and oxygen atoms in total. The van der Waals surface area contributed by atoms with Gasteiger partial charge in [-0.05, 0) is 36.4 Å². The molecule has 3 rings (SSSR count). The molecule has 0 spiro atoms. The molecule has 124 valence electrons. The summed E-state index contributed by atoms with van der Waals surface area (Å²) in [6, 6.07) is 9.91. The maximum absolute atomic E-state index is 12.2.